The largest absolute Gasteiger partial charge is 0.480 e. The lowest BCUT2D eigenvalue weighted by molar-refractivity contribution is -0.148. The van der Waals surface area contributed by atoms with E-state index in [1.807, 2.05) is 0 Å². The van der Waals surface area contributed by atoms with E-state index in [9.17, 15) is 131 Å². The number of nitrogens with one attached hydrogen (secondary N) is 9. The Morgan fingerprint density at radius 2 is 0.530 bits per heavy atom. The van der Waals surface area contributed by atoms with Crippen molar-refractivity contribution in [2.45, 2.75) is 256 Å². The zero-order valence-electron chi connectivity index (χ0n) is 74.7. The van der Waals surface area contributed by atoms with Crippen LogP contribution >= 0.6 is 11.8 Å². The molecule has 13 fully saturated rings. The van der Waals surface area contributed by atoms with E-state index in [2.05, 4.69) is 47.9 Å². The molecule has 13 rings (SSSR count). The third-order valence-electron chi connectivity index (χ3n) is 27.9. The quantitative estimate of drug-likeness (QED) is 0.0297. The molecule has 13 saturated heterocycles. The minimum Gasteiger partial charge on any atom is -0.480 e. The van der Waals surface area contributed by atoms with Crippen LogP contribution < -0.4 is 47.9 Å². The summed E-state index contributed by atoms with van der Waals surface area (Å²) < 4.78 is 0. The van der Waals surface area contributed by atoms with Crippen LogP contribution in [-0.2, 0) is 101 Å². The van der Waals surface area contributed by atoms with Crippen LogP contribution in [0.25, 0.3) is 0 Å². The number of rotatable bonds is 32. The standard InChI is InChI=1S/C84H123N21O28S/c1-134-24-16-50(93-78(127)52-10-3-18-94(52)64(112)32-87-73(122)59-26-45(107)39-101(59)81(130)54-12-5-20-96(54)66(114)33-88-72(121)58-25-44(106)38-100(58)79(128)51-9-2-17-85-51)71(120)86-31-65(113)95-19-4-11-53(95)80(129)102-40-46(108)27-60(102)74(123)89-34-67(115)97-21-6-13-55(97)82(131)103-41-47(109)28-61(103)75(124)90-35-68(116)98-22-7-14-56(98)83(132)104-42-48(110)29-62(104)76(125)91-36-69(117)99-23-8-15-57(99)84(133)105-43-49(111)30-63(105)77(126)92-37-70(118)119/h44-63,85,106-111H,2-43H2,1H3,(H,86,120)(H,87,122)(H,88,121)(H,89,123)(H,90,124)(H,91,125)(H,92,126)(H,93,127)(H,118,119)/t44-,45-,46-,47-,48-,49-,50+,51+,52+,53+,54+,55+,56+,57+,58+,59+,60+,61+,62+,63+/m1/s1. The van der Waals surface area contributed by atoms with Gasteiger partial charge >= 0.3 is 5.97 Å². The zero-order valence-corrected chi connectivity index (χ0v) is 75.5. The van der Waals surface area contributed by atoms with Crippen molar-refractivity contribution >= 4 is 136 Å². The molecule has 738 valence electrons. The molecule has 50 heteroatoms. The third-order valence-corrected chi connectivity index (χ3v) is 28.5. The highest BCUT2D eigenvalue weighted by Crippen LogP contribution is 2.34. The van der Waals surface area contributed by atoms with Crippen molar-refractivity contribution in [2.24, 2.45) is 0 Å². The predicted octanol–water partition coefficient (Wildman–Crippen LogP) is -12.4. The highest BCUT2D eigenvalue weighted by Gasteiger charge is 2.53. The summed E-state index contributed by atoms with van der Waals surface area (Å²) in [6, 6.07) is -15.9. The molecule has 0 aromatic heterocycles. The van der Waals surface area contributed by atoms with Gasteiger partial charge in [-0.2, -0.15) is 11.8 Å². The topological polar surface area (TPSA) is 647 Å². The summed E-state index contributed by atoms with van der Waals surface area (Å²) in [5.41, 5.74) is 0. The molecule has 0 spiro atoms. The normalized spacial score (nSPS) is 29.7. The van der Waals surface area contributed by atoms with Crippen molar-refractivity contribution in [1.82, 2.24) is 107 Å². The summed E-state index contributed by atoms with van der Waals surface area (Å²) in [6.45, 7) is -4.92. The molecule has 0 aromatic rings. The van der Waals surface area contributed by atoms with Crippen molar-refractivity contribution in [3.8, 4) is 0 Å². The van der Waals surface area contributed by atoms with E-state index in [-0.39, 0.29) is 168 Å². The summed E-state index contributed by atoms with van der Waals surface area (Å²) >= 11 is 1.36. The van der Waals surface area contributed by atoms with Crippen molar-refractivity contribution in [3.05, 3.63) is 0 Å². The molecule has 16 N–H and O–H groups in total. The SMILES string of the molecule is CSCC[C@H](NC(=O)[C@@H]1CCCN1C(=O)CNC(=O)[C@@H]1C[C@@H](O)CN1C(=O)[C@@H]1CCCN1C(=O)CNC(=O)[C@@H]1C[C@@H](O)CN1C(=O)[C@@H]1CCCN1)C(=O)NCC(=O)N1CCC[C@H]1C(=O)N1C[C@H](O)C[C@H]1C(=O)NCC(=O)N1CCC[C@H]1C(=O)N1C[C@H](O)C[C@H]1C(=O)NCC(=O)N1CCC[C@H]1C(=O)N1C[C@H](O)C[C@H]1C(=O)NCC(=O)N1CCC[C@H]1C(=O)N1C[C@H](O)C[C@H]1C(=O)NCC(=O)O. The van der Waals surface area contributed by atoms with Crippen LogP contribution in [-0.4, -0.2) is 483 Å². The van der Waals surface area contributed by atoms with E-state index in [4.69, 9.17) is 5.11 Å². The third kappa shape index (κ3) is 23.0. The number of carbonyl (C=O) groups excluding carboxylic acids is 20. The molecule has 13 aliphatic heterocycles. The first-order chi connectivity index (χ1) is 64.0. The van der Waals surface area contributed by atoms with E-state index in [0.717, 1.165) is 30.9 Å². The highest BCUT2D eigenvalue weighted by molar-refractivity contribution is 7.98. The molecule has 0 aromatic carbocycles. The molecule has 0 bridgehead atoms. The molecule has 0 unspecified atom stereocenters. The van der Waals surface area contributed by atoms with Crippen LogP contribution in [0, 0.1) is 0 Å². The zero-order chi connectivity index (χ0) is 96.4. The number of β-amino-alcohol motifs (C(OH)–C–C–N with tert-alkyl or cyclic N) is 6. The van der Waals surface area contributed by atoms with Gasteiger partial charge in [-0.15, -0.1) is 0 Å². The number of amides is 20. The summed E-state index contributed by atoms with van der Waals surface area (Å²) in [6.07, 6.45) is -1.67. The number of carbonyl (C=O) groups is 21. The first-order valence-electron chi connectivity index (χ1n) is 46.4. The van der Waals surface area contributed by atoms with E-state index in [1.54, 1.807) is 6.26 Å². The number of hydrogen-bond donors (Lipinski definition) is 16. The van der Waals surface area contributed by atoms with Gasteiger partial charge in [0, 0.05) is 117 Å². The molecule has 20 atom stereocenters. The Morgan fingerprint density at radius 3 is 0.776 bits per heavy atom. The molecule has 13 aliphatic rings. The van der Waals surface area contributed by atoms with Crippen LogP contribution in [0.5, 0.6) is 0 Å². The second-order valence-corrected chi connectivity index (χ2v) is 37.7. The van der Waals surface area contributed by atoms with Crippen LogP contribution in [0.1, 0.15) is 135 Å². The van der Waals surface area contributed by atoms with Gasteiger partial charge in [-0.25, -0.2) is 0 Å². The number of aliphatic hydroxyl groups is 6. The lowest BCUT2D eigenvalue weighted by Gasteiger charge is -2.32. The Bertz CT molecular complexity index is 4530. The number of thioether (sulfide) groups is 1. The van der Waals surface area contributed by atoms with Crippen LogP contribution in [0.2, 0.25) is 0 Å². The summed E-state index contributed by atoms with van der Waals surface area (Å²) in [5.74, 6) is -15.0. The second-order valence-electron chi connectivity index (χ2n) is 36.8. The predicted molar refractivity (Wildman–Crippen MR) is 460 cm³/mol. The number of likely N-dealkylation sites (tertiary alicyclic amines) is 12. The van der Waals surface area contributed by atoms with Gasteiger partial charge in [-0.3, -0.25) is 101 Å². The van der Waals surface area contributed by atoms with Gasteiger partial charge in [0.15, 0.2) is 0 Å². The molecule has 0 radical (unpaired) electrons. The van der Waals surface area contributed by atoms with Gasteiger partial charge in [0.25, 0.3) is 0 Å². The number of aliphatic hydroxyl groups excluding tert-OH is 6. The maximum absolute atomic E-state index is 14.5. The van der Waals surface area contributed by atoms with Crippen LogP contribution in [0.3, 0.4) is 0 Å². The molecule has 0 saturated carbocycles. The van der Waals surface area contributed by atoms with Gasteiger partial charge in [-0.1, -0.05) is 0 Å². The van der Waals surface area contributed by atoms with Gasteiger partial charge in [0.2, 0.25) is 118 Å². The van der Waals surface area contributed by atoms with Gasteiger partial charge < -0.3 is 142 Å². The molecule has 134 heavy (non-hydrogen) atoms. The monoisotopic (exact) mass is 1910 g/mol. The molecular weight excluding hydrogens is 1780 g/mol. The average Bonchev–Trinajstić information content (AvgIpc) is 1.68. The van der Waals surface area contributed by atoms with E-state index in [1.165, 1.54) is 46.1 Å². The summed E-state index contributed by atoms with van der Waals surface area (Å²) in [4.78, 5) is 304. The Kier molecular flexibility index (Phi) is 33.4. The first kappa shape index (κ1) is 100. The fourth-order valence-corrected chi connectivity index (χ4v) is 21.7. The molecular formula is C84H123N21O28S. The number of carboxylic acids is 1. The van der Waals surface area contributed by atoms with E-state index < -0.39 is 285 Å². The fraction of sp³-hybridized carbons (Fsp3) is 0.750. The lowest BCUT2D eigenvalue weighted by atomic mass is 10.1. The van der Waals surface area contributed by atoms with Gasteiger partial charge in [0.1, 0.15) is 85.1 Å². The van der Waals surface area contributed by atoms with E-state index >= 15 is 0 Å². The van der Waals surface area contributed by atoms with Gasteiger partial charge in [0.05, 0.1) is 81.9 Å². The minimum atomic E-state index is -1.34. The van der Waals surface area contributed by atoms with Gasteiger partial charge in [-0.05, 0) is 115 Å². The molecule has 20 amide bonds. The number of nitrogens with zero attached hydrogens (tertiary/aromatic N) is 12. The smallest absolute Gasteiger partial charge is 0.322 e. The minimum absolute atomic E-state index is 0.0219. The summed E-state index contributed by atoms with van der Waals surface area (Å²) in [5, 5.41) is 96.5. The Hall–Kier alpha value is -11.1. The van der Waals surface area contributed by atoms with Crippen molar-refractivity contribution in [2.75, 3.05) is 143 Å². The molecule has 0 aliphatic carbocycles. The lowest BCUT2D eigenvalue weighted by Crippen LogP contribution is -2.57. The average molecular weight is 1910 g/mol. The highest BCUT2D eigenvalue weighted by atomic mass is 32.2. The Balaban J connectivity index is 0.535. The number of aliphatic carboxylic acids is 1. The van der Waals surface area contributed by atoms with E-state index in [0.29, 0.717) is 57.2 Å². The van der Waals surface area contributed by atoms with Crippen LogP contribution in [0.4, 0.5) is 0 Å². The fourth-order valence-electron chi connectivity index (χ4n) is 21.2. The maximum atomic E-state index is 14.5. The Morgan fingerprint density at radius 1 is 0.291 bits per heavy atom. The van der Waals surface area contributed by atoms with Crippen LogP contribution in [0.15, 0.2) is 0 Å². The number of hydrogen-bond acceptors (Lipinski definition) is 29. The first-order valence-corrected chi connectivity index (χ1v) is 47.8. The van der Waals surface area contributed by atoms with Crippen molar-refractivity contribution in [3.63, 3.8) is 0 Å². The number of carboxylic acid groups (broad SMARTS) is 1. The summed E-state index contributed by atoms with van der Waals surface area (Å²) in [7, 11) is 0. The van der Waals surface area contributed by atoms with Crippen molar-refractivity contribution < 1.29 is 136 Å². The maximum Gasteiger partial charge on any atom is 0.322 e. The molecule has 49 nitrogen and oxygen atoms in total. The Labute approximate surface area is 774 Å². The van der Waals surface area contributed by atoms with Crippen molar-refractivity contribution in [1.29, 1.82) is 0 Å². The second kappa shape index (κ2) is 44.6. The molecule has 13 heterocycles.